The molecule has 0 aliphatic heterocycles. The van der Waals surface area contributed by atoms with E-state index in [-0.39, 0.29) is 24.2 Å². The third-order valence-electron chi connectivity index (χ3n) is 2.06. The van der Waals surface area contributed by atoms with Crippen LogP contribution in [0.2, 0.25) is 0 Å². The van der Waals surface area contributed by atoms with E-state index in [2.05, 4.69) is 11.8 Å². The summed E-state index contributed by atoms with van der Waals surface area (Å²) in [5, 5.41) is 8.47. The molecule has 0 aromatic carbocycles. The molecule has 0 saturated carbocycles. The van der Waals surface area contributed by atoms with Gasteiger partial charge in [0.2, 0.25) is 0 Å². The largest absolute Gasteiger partial charge is 0.384 e. The van der Waals surface area contributed by atoms with Crippen molar-refractivity contribution in [3.8, 4) is 11.8 Å². The summed E-state index contributed by atoms with van der Waals surface area (Å²) in [6.07, 6.45) is 4.31. The highest BCUT2D eigenvalue weighted by molar-refractivity contribution is 5.84. The summed E-state index contributed by atoms with van der Waals surface area (Å²) in [7, 11) is 0. The topological polar surface area (TPSA) is 37.3 Å². The summed E-state index contributed by atoms with van der Waals surface area (Å²) in [6, 6.07) is 0. The summed E-state index contributed by atoms with van der Waals surface area (Å²) in [5.41, 5.74) is 0. The summed E-state index contributed by atoms with van der Waals surface area (Å²) in [6.45, 7) is 1.74. The predicted octanol–water partition coefficient (Wildman–Crippen LogP) is 0.763. The number of aliphatic hydroxyl groups is 1. The Bertz CT molecular complexity index is 255. The minimum absolute atomic E-state index is 0.00148. The average molecular weight is 164 g/mol. The number of carbonyl (C=O) groups excluding carboxylic acids is 1. The van der Waals surface area contributed by atoms with Gasteiger partial charge in [0.05, 0.1) is 0 Å². The lowest BCUT2D eigenvalue weighted by Gasteiger charge is -2.17. The van der Waals surface area contributed by atoms with Crippen LogP contribution < -0.4 is 0 Å². The number of allylic oxidation sites excluding steroid dienone is 2. The van der Waals surface area contributed by atoms with Crippen LogP contribution in [0.5, 0.6) is 0 Å². The van der Waals surface area contributed by atoms with Crippen molar-refractivity contribution in [3.63, 3.8) is 0 Å². The molecule has 2 unspecified atom stereocenters. The molecule has 0 amide bonds. The predicted molar refractivity (Wildman–Crippen MR) is 46.3 cm³/mol. The van der Waals surface area contributed by atoms with Crippen molar-refractivity contribution in [2.75, 3.05) is 6.61 Å². The highest BCUT2D eigenvalue weighted by atomic mass is 16.2. The SMILES string of the molecule is CC1C(=O)CC=CC1C#CCO. The van der Waals surface area contributed by atoms with Crippen LogP contribution in [0.25, 0.3) is 0 Å². The average Bonchev–Trinajstić information content (AvgIpc) is 2.08. The second-order valence-corrected chi connectivity index (χ2v) is 2.89. The molecule has 0 radical (unpaired) electrons. The highest BCUT2D eigenvalue weighted by Crippen LogP contribution is 2.20. The highest BCUT2D eigenvalue weighted by Gasteiger charge is 2.22. The molecular formula is C10H12O2. The van der Waals surface area contributed by atoms with Gasteiger partial charge in [-0.1, -0.05) is 30.9 Å². The molecular weight excluding hydrogens is 152 g/mol. The van der Waals surface area contributed by atoms with Crippen molar-refractivity contribution in [2.45, 2.75) is 13.3 Å². The standard InChI is InChI=1S/C10H12O2/c1-8-9(5-3-7-11)4-2-6-10(8)12/h2,4,8-9,11H,6-7H2,1H3. The molecule has 0 spiro atoms. The zero-order valence-electron chi connectivity index (χ0n) is 7.08. The number of ketones is 1. The van der Waals surface area contributed by atoms with Crippen LogP contribution in [0.4, 0.5) is 0 Å². The van der Waals surface area contributed by atoms with Crippen molar-refractivity contribution < 1.29 is 9.90 Å². The monoisotopic (exact) mass is 164 g/mol. The molecule has 2 nitrogen and oxygen atoms in total. The minimum atomic E-state index is -0.134. The smallest absolute Gasteiger partial charge is 0.140 e. The number of carbonyl (C=O) groups is 1. The van der Waals surface area contributed by atoms with Crippen molar-refractivity contribution in [1.82, 2.24) is 0 Å². The van der Waals surface area contributed by atoms with Crippen LogP contribution in [-0.2, 0) is 4.79 Å². The van der Waals surface area contributed by atoms with Crippen LogP contribution in [0, 0.1) is 23.7 Å². The van der Waals surface area contributed by atoms with Crippen LogP contribution in [0.1, 0.15) is 13.3 Å². The third-order valence-corrected chi connectivity index (χ3v) is 2.06. The Kier molecular flexibility index (Phi) is 3.07. The van der Waals surface area contributed by atoms with Crippen LogP contribution in [-0.4, -0.2) is 17.5 Å². The van der Waals surface area contributed by atoms with Crippen molar-refractivity contribution in [1.29, 1.82) is 0 Å². The number of aliphatic hydroxyl groups excluding tert-OH is 1. The van der Waals surface area contributed by atoms with E-state index in [1.165, 1.54) is 0 Å². The van der Waals surface area contributed by atoms with Gasteiger partial charge in [-0.3, -0.25) is 4.79 Å². The summed E-state index contributed by atoms with van der Waals surface area (Å²) in [4.78, 5) is 11.2. The quantitative estimate of drug-likeness (QED) is 0.424. The van der Waals surface area contributed by atoms with Crippen LogP contribution in [0.3, 0.4) is 0 Å². The zero-order chi connectivity index (χ0) is 8.97. The first kappa shape index (κ1) is 9.02. The molecule has 0 aromatic heterocycles. The van der Waals surface area contributed by atoms with E-state index in [9.17, 15) is 4.79 Å². The van der Waals surface area contributed by atoms with Crippen molar-refractivity contribution in [3.05, 3.63) is 12.2 Å². The lowest BCUT2D eigenvalue weighted by Crippen LogP contribution is -2.21. The first-order valence-corrected chi connectivity index (χ1v) is 4.04. The molecule has 64 valence electrons. The Hall–Kier alpha value is -1.07. The molecule has 0 bridgehead atoms. The molecule has 0 aromatic rings. The lowest BCUT2D eigenvalue weighted by atomic mass is 9.85. The van der Waals surface area contributed by atoms with Gasteiger partial charge in [-0.25, -0.2) is 0 Å². The molecule has 1 aliphatic carbocycles. The number of hydrogen-bond acceptors (Lipinski definition) is 2. The molecule has 0 fully saturated rings. The number of Topliss-reactive ketones (excluding diaryl/α,β-unsaturated/α-hetero) is 1. The maximum absolute atomic E-state index is 11.2. The minimum Gasteiger partial charge on any atom is -0.384 e. The molecule has 0 saturated heterocycles. The van der Waals surface area contributed by atoms with E-state index in [4.69, 9.17) is 5.11 Å². The van der Waals surface area contributed by atoms with Crippen LogP contribution >= 0.6 is 0 Å². The van der Waals surface area contributed by atoms with Gasteiger partial charge in [-0.15, -0.1) is 0 Å². The van der Waals surface area contributed by atoms with Gasteiger partial charge >= 0.3 is 0 Å². The van der Waals surface area contributed by atoms with E-state index < -0.39 is 0 Å². The normalized spacial score (nSPS) is 28.0. The Morgan fingerprint density at radius 1 is 1.75 bits per heavy atom. The Morgan fingerprint density at radius 2 is 2.50 bits per heavy atom. The van der Waals surface area contributed by atoms with Gasteiger partial charge in [0.25, 0.3) is 0 Å². The van der Waals surface area contributed by atoms with Gasteiger partial charge in [-0.2, -0.15) is 0 Å². The lowest BCUT2D eigenvalue weighted by molar-refractivity contribution is -0.122. The van der Waals surface area contributed by atoms with E-state index in [0.717, 1.165) is 0 Å². The maximum Gasteiger partial charge on any atom is 0.140 e. The van der Waals surface area contributed by atoms with Crippen LogP contribution in [0.15, 0.2) is 12.2 Å². The maximum atomic E-state index is 11.2. The number of hydrogen-bond donors (Lipinski definition) is 1. The molecule has 0 heterocycles. The first-order valence-electron chi connectivity index (χ1n) is 4.04. The Morgan fingerprint density at radius 3 is 3.17 bits per heavy atom. The number of rotatable bonds is 0. The fraction of sp³-hybridized carbons (Fsp3) is 0.500. The van der Waals surface area contributed by atoms with Crippen molar-refractivity contribution >= 4 is 5.78 Å². The molecule has 12 heavy (non-hydrogen) atoms. The second kappa shape index (κ2) is 4.08. The van der Waals surface area contributed by atoms with Gasteiger partial charge in [0, 0.05) is 18.3 Å². The fourth-order valence-corrected chi connectivity index (χ4v) is 1.22. The fourth-order valence-electron chi connectivity index (χ4n) is 1.22. The Labute approximate surface area is 72.3 Å². The van der Waals surface area contributed by atoms with Gasteiger partial charge in [0.1, 0.15) is 12.4 Å². The van der Waals surface area contributed by atoms with E-state index in [0.29, 0.717) is 6.42 Å². The summed E-state index contributed by atoms with van der Waals surface area (Å²) < 4.78 is 0. The zero-order valence-corrected chi connectivity index (χ0v) is 7.08. The third kappa shape index (κ3) is 1.96. The summed E-state index contributed by atoms with van der Waals surface area (Å²) in [5.74, 6) is 5.63. The molecule has 1 N–H and O–H groups in total. The molecule has 1 rings (SSSR count). The Balaban J connectivity index is 2.70. The van der Waals surface area contributed by atoms with E-state index in [1.54, 1.807) is 0 Å². The first-order chi connectivity index (χ1) is 5.75. The van der Waals surface area contributed by atoms with E-state index in [1.807, 2.05) is 19.1 Å². The van der Waals surface area contributed by atoms with Crippen molar-refractivity contribution in [2.24, 2.45) is 11.8 Å². The van der Waals surface area contributed by atoms with Gasteiger partial charge in [-0.05, 0) is 0 Å². The molecule has 1 aliphatic rings. The van der Waals surface area contributed by atoms with Gasteiger partial charge < -0.3 is 5.11 Å². The van der Waals surface area contributed by atoms with E-state index >= 15 is 0 Å². The molecule has 2 atom stereocenters. The summed E-state index contributed by atoms with van der Waals surface area (Å²) >= 11 is 0. The van der Waals surface area contributed by atoms with Gasteiger partial charge in [0.15, 0.2) is 0 Å². The molecule has 2 heteroatoms. The second-order valence-electron chi connectivity index (χ2n) is 2.89.